The van der Waals surface area contributed by atoms with E-state index in [1.807, 2.05) is 46.4 Å². The number of aliphatic imine (C=N–C) groups is 1. The van der Waals surface area contributed by atoms with Crippen LogP contribution in [0.25, 0.3) is 0 Å². The molecule has 10 nitrogen and oxygen atoms in total. The average molecular weight is 695 g/mol. The van der Waals surface area contributed by atoms with Gasteiger partial charge < -0.3 is 34.8 Å². The van der Waals surface area contributed by atoms with E-state index in [1.165, 1.54) is 17.7 Å². The number of amides is 2. The number of amidine groups is 1. The van der Waals surface area contributed by atoms with Crippen molar-refractivity contribution in [2.24, 2.45) is 10.9 Å². The first-order chi connectivity index (χ1) is 23.7. The number of allylic oxidation sites excluding steroid dienone is 4. The standard InChI is InChI=1S/C40H66N6O4/c1-30-15-20-36(43-31(2)27-35(30)44-25-21-41-22-26-44)42-28-32-16-18-33(19-17-32)29-45(37(47)49-39(3,4)5)23-12-24-46(34-13-10-9-11-14-34)38(48)50-40(6,7)8/h16,18-19,27,32,34,41H,9-15,17,20-26,28-29H2,1-8H3,(H,42,43). The number of nitrogens with one attached hydrogen (secondary N) is 2. The summed E-state index contributed by atoms with van der Waals surface area (Å²) in [6.07, 6.45) is 17.2. The monoisotopic (exact) mass is 695 g/mol. The van der Waals surface area contributed by atoms with E-state index in [0.29, 0.717) is 32.0 Å². The second kappa shape index (κ2) is 18.3. The van der Waals surface area contributed by atoms with Gasteiger partial charge in [0.15, 0.2) is 0 Å². The van der Waals surface area contributed by atoms with E-state index in [1.54, 1.807) is 4.90 Å². The van der Waals surface area contributed by atoms with Crippen LogP contribution in [0.3, 0.4) is 0 Å². The Morgan fingerprint density at radius 1 is 0.940 bits per heavy atom. The van der Waals surface area contributed by atoms with Crippen LogP contribution in [-0.4, -0.2) is 102 Å². The third kappa shape index (κ3) is 13.1. The van der Waals surface area contributed by atoms with Crippen molar-refractivity contribution < 1.29 is 19.1 Å². The molecule has 1 saturated carbocycles. The van der Waals surface area contributed by atoms with Crippen LogP contribution in [0.5, 0.6) is 0 Å². The zero-order valence-corrected chi connectivity index (χ0v) is 32.4. The summed E-state index contributed by atoms with van der Waals surface area (Å²) in [6, 6.07) is 0.186. The molecule has 1 atom stereocenters. The summed E-state index contributed by atoms with van der Waals surface area (Å²) >= 11 is 0. The van der Waals surface area contributed by atoms with E-state index in [9.17, 15) is 9.59 Å². The first-order valence-corrected chi connectivity index (χ1v) is 19.2. The minimum atomic E-state index is -0.597. The van der Waals surface area contributed by atoms with Gasteiger partial charge in [0.1, 0.15) is 17.0 Å². The lowest BCUT2D eigenvalue weighted by Gasteiger charge is -2.36. The fourth-order valence-corrected chi connectivity index (χ4v) is 7.01. The average Bonchev–Trinajstić information content (AvgIpc) is 3.05. The van der Waals surface area contributed by atoms with Gasteiger partial charge in [-0.25, -0.2) is 9.59 Å². The van der Waals surface area contributed by atoms with E-state index in [-0.39, 0.29) is 18.2 Å². The molecule has 2 N–H and O–H groups in total. The Morgan fingerprint density at radius 2 is 1.62 bits per heavy atom. The molecule has 2 fully saturated rings. The number of piperazine rings is 1. The molecule has 0 aromatic carbocycles. The van der Waals surface area contributed by atoms with E-state index in [4.69, 9.17) is 14.5 Å². The van der Waals surface area contributed by atoms with E-state index >= 15 is 0 Å². The molecule has 0 aromatic rings. The summed E-state index contributed by atoms with van der Waals surface area (Å²) in [5.74, 6) is 1.36. The first kappa shape index (κ1) is 39.5. The van der Waals surface area contributed by atoms with E-state index in [2.05, 4.69) is 53.7 Å². The van der Waals surface area contributed by atoms with Gasteiger partial charge in [0.05, 0.1) is 0 Å². The van der Waals surface area contributed by atoms with E-state index in [0.717, 1.165) is 94.8 Å². The Bertz CT molecular complexity index is 1310. The SMILES string of the molecule is CC1=CC(N2CCNCC2)=C(C)CCC(=NCC2C=CC(CN(CCCN(C(=O)OC(C)(C)C)C3CCCCC3)C(=O)OC(C)(C)C)=CC2)N1. The first-order valence-electron chi connectivity index (χ1n) is 19.2. The molecule has 0 spiro atoms. The fraction of sp³-hybridized carbons (Fsp3) is 0.725. The lowest BCUT2D eigenvalue weighted by atomic mass is 9.94. The summed E-state index contributed by atoms with van der Waals surface area (Å²) in [4.78, 5) is 37.9. The zero-order valence-electron chi connectivity index (χ0n) is 32.4. The molecule has 0 aromatic heterocycles. The zero-order chi connectivity index (χ0) is 36.3. The Balaban J connectivity index is 1.34. The number of carbonyl (C=O) groups excluding carboxylic acids is 2. The van der Waals surface area contributed by atoms with Crippen LogP contribution < -0.4 is 10.6 Å². The lowest BCUT2D eigenvalue weighted by Crippen LogP contribution is -2.46. The maximum absolute atomic E-state index is 13.4. The minimum absolute atomic E-state index is 0.186. The normalized spacial score (nSPS) is 21.9. The molecule has 50 heavy (non-hydrogen) atoms. The van der Waals surface area contributed by atoms with Crippen LogP contribution in [0.2, 0.25) is 0 Å². The summed E-state index contributed by atoms with van der Waals surface area (Å²) in [5.41, 5.74) is 3.86. The summed E-state index contributed by atoms with van der Waals surface area (Å²) in [5, 5.41) is 7.04. The molecule has 2 aliphatic heterocycles. The molecule has 280 valence electrons. The van der Waals surface area contributed by atoms with Crippen LogP contribution in [-0.2, 0) is 9.47 Å². The number of ether oxygens (including phenoxy) is 2. The van der Waals surface area contributed by atoms with Gasteiger partial charge in [-0.05, 0) is 105 Å². The Morgan fingerprint density at radius 3 is 2.26 bits per heavy atom. The predicted octanol–water partition coefficient (Wildman–Crippen LogP) is 7.55. The third-order valence-corrected chi connectivity index (χ3v) is 9.60. The lowest BCUT2D eigenvalue weighted by molar-refractivity contribution is 0.0103. The van der Waals surface area contributed by atoms with Crippen molar-refractivity contribution in [2.75, 3.05) is 52.4 Å². The molecular formula is C40H66N6O4. The molecule has 0 radical (unpaired) electrons. The van der Waals surface area contributed by atoms with E-state index < -0.39 is 11.2 Å². The number of hydrogen-bond donors (Lipinski definition) is 2. The topological polar surface area (TPSA) is 98.7 Å². The highest BCUT2D eigenvalue weighted by Crippen LogP contribution is 2.26. The van der Waals surface area contributed by atoms with Gasteiger partial charge >= 0.3 is 12.2 Å². The van der Waals surface area contributed by atoms with Gasteiger partial charge in [0.25, 0.3) is 0 Å². The molecule has 0 bridgehead atoms. The Hall–Kier alpha value is -3.27. The molecule has 4 rings (SSSR count). The van der Waals surface area contributed by atoms with Gasteiger partial charge in [-0.2, -0.15) is 0 Å². The smallest absolute Gasteiger partial charge is 0.410 e. The van der Waals surface area contributed by atoms with Gasteiger partial charge in [0, 0.05) is 82.1 Å². The highest BCUT2D eigenvalue weighted by molar-refractivity contribution is 5.84. The van der Waals surface area contributed by atoms with Crippen molar-refractivity contribution >= 4 is 18.0 Å². The molecular weight excluding hydrogens is 628 g/mol. The summed E-state index contributed by atoms with van der Waals surface area (Å²) in [7, 11) is 0. The maximum Gasteiger partial charge on any atom is 0.410 e. The van der Waals surface area contributed by atoms with Crippen LogP contribution >= 0.6 is 0 Å². The van der Waals surface area contributed by atoms with Crippen LogP contribution in [0.15, 0.2) is 51.8 Å². The van der Waals surface area contributed by atoms with Gasteiger partial charge in [-0.15, -0.1) is 0 Å². The number of rotatable bonds is 10. The van der Waals surface area contributed by atoms with Gasteiger partial charge in [0.2, 0.25) is 0 Å². The van der Waals surface area contributed by atoms with Crippen molar-refractivity contribution in [1.82, 2.24) is 25.3 Å². The van der Waals surface area contributed by atoms with Crippen molar-refractivity contribution in [3.63, 3.8) is 0 Å². The number of nitrogens with zero attached hydrogens (tertiary/aromatic N) is 4. The molecule has 1 unspecified atom stereocenters. The fourth-order valence-electron chi connectivity index (χ4n) is 7.01. The molecule has 1 saturated heterocycles. The summed E-state index contributed by atoms with van der Waals surface area (Å²) < 4.78 is 11.6. The van der Waals surface area contributed by atoms with Crippen molar-refractivity contribution in [2.45, 2.75) is 130 Å². The third-order valence-electron chi connectivity index (χ3n) is 9.60. The van der Waals surface area contributed by atoms with Crippen LogP contribution in [0.1, 0.15) is 113 Å². The predicted molar refractivity (Wildman–Crippen MR) is 203 cm³/mol. The van der Waals surface area contributed by atoms with Crippen LogP contribution in [0, 0.1) is 5.92 Å². The minimum Gasteiger partial charge on any atom is -0.444 e. The second-order valence-electron chi connectivity index (χ2n) is 16.5. The van der Waals surface area contributed by atoms with Gasteiger partial charge in [-0.1, -0.05) is 37.5 Å². The Labute approximate surface area is 302 Å². The van der Waals surface area contributed by atoms with Crippen LogP contribution in [0.4, 0.5) is 9.59 Å². The maximum atomic E-state index is 13.4. The molecule has 2 heterocycles. The van der Waals surface area contributed by atoms with Gasteiger partial charge in [-0.3, -0.25) is 4.99 Å². The Kier molecular flexibility index (Phi) is 14.5. The molecule has 10 heteroatoms. The highest BCUT2D eigenvalue weighted by Gasteiger charge is 2.30. The quantitative estimate of drug-likeness (QED) is 0.244. The number of carbonyl (C=O) groups is 2. The number of hydrogen-bond acceptors (Lipinski definition) is 7. The second-order valence-corrected chi connectivity index (χ2v) is 16.5. The van der Waals surface area contributed by atoms with Crippen molar-refractivity contribution in [3.05, 3.63) is 46.8 Å². The molecule has 2 aliphatic carbocycles. The highest BCUT2D eigenvalue weighted by atomic mass is 16.6. The van der Waals surface area contributed by atoms with Crippen molar-refractivity contribution in [3.8, 4) is 0 Å². The largest absolute Gasteiger partial charge is 0.444 e. The van der Waals surface area contributed by atoms with Crippen molar-refractivity contribution in [1.29, 1.82) is 0 Å². The summed E-state index contributed by atoms with van der Waals surface area (Å²) in [6.45, 7) is 22.2. The molecule has 4 aliphatic rings. The molecule has 2 amide bonds.